The number of amides is 1. The summed E-state index contributed by atoms with van der Waals surface area (Å²) in [6, 6.07) is 14.3. The predicted octanol–water partition coefficient (Wildman–Crippen LogP) is 3.31. The van der Waals surface area contributed by atoms with E-state index in [0.29, 0.717) is 37.6 Å². The molecule has 41 heavy (non-hydrogen) atoms. The summed E-state index contributed by atoms with van der Waals surface area (Å²) in [4.78, 5) is 39.0. The number of methoxy groups -OCH3 is 2. The molecule has 1 saturated heterocycles. The minimum atomic E-state index is -5.08. The molecule has 13 heteroatoms. The van der Waals surface area contributed by atoms with Crippen LogP contribution in [0.3, 0.4) is 0 Å². The number of hydrogen-bond donors (Lipinski definition) is 3. The number of nitrogens with one attached hydrogen (secondary N) is 1. The number of carboxylic acid groups (broad SMARTS) is 1. The SMILES string of the molecule is COc1ccc(CC(=O)NC(N)=N[C@H](Cc2ccccc2)C(=O)CC2CCOCC2)cc1OC.O=C(O)C(F)(F)F. The molecular formula is C28H34F3N3O7. The molecule has 0 spiro atoms. The average Bonchev–Trinajstić information content (AvgIpc) is 2.93. The largest absolute Gasteiger partial charge is 0.493 e. The van der Waals surface area contributed by atoms with Crippen LogP contribution in [0, 0.1) is 5.92 Å². The highest BCUT2D eigenvalue weighted by atomic mass is 19.4. The van der Waals surface area contributed by atoms with Gasteiger partial charge in [-0.3, -0.25) is 14.9 Å². The van der Waals surface area contributed by atoms with Crippen LogP contribution in [0.2, 0.25) is 0 Å². The highest BCUT2D eigenvalue weighted by Gasteiger charge is 2.38. The van der Waals surface area contributed by atoms with E-state index < -0.39 is 18.2 Å². The third-order valence-corrected chi connectivity index (χ3v) is 6.09. The summed E-state index contributed by atoms with van der Waals surface area (Å²) < 4.78 is 47.7. The molecule has 1 heterocycles. The fourth-order valence-corrected chi connectivity index (χ4v) is 4.00. The van der Waals surface area contributed by atoms with Crippen molar-refractivity contribution in [1.29, 1.82) is 0 Å². The number of carboxylic acids is 1. The van der Waals surface area contributed by atoms with Crippen LogP contribution < -0.4 is 20.5 Å². The Morgan fingerprint density at radius 1 is 1.05 bits per heavy atom. The number of benzene rings is 2. The van der Waals surface area contributed by atoms with E-state index in [-0.39, 0.29) is 30.0 Å². The van der Waals surface area contributed by atoms with Gasteiger partial charge in [0.1, 0.15) is 6.04 Å². The van der Waals surface area contributed by atoms with Crippen LogP contribution in [0.4, 0.5) is 13.2 Å². The molecule has 1 aliphatic heterocycles. The molecule has 0 bridgehead atoms. The lowest BCUT2D eigenvalue weighted by atomic mass is 9.90. The molecule has 2 aromatic rings. The third kappa shape index (κ3) is 11.9. The Morgan fingerprint density at radius 3 is 2.22 bits per heavy atom. The minimum Gasteiger partial charge on any atom is -0.493 e. The number of rotatable bonds is 10. The second kappa shape index (κ2) is 16.2. The first-order valence-corrected chi connectivity index (χ1v) is 12.7. The molecule has 2 aromatic carbocycles. The Labute approximate surface area is 235 Å². The van der Waals surface area contributed by atoms with Crippen molar-refractivity contribution < 1.29 is 46.9 Å². The first kappa shape index (κ1) is 33.1. The number of carbonyl (C=O) groups excluding carboxylic acids is 2. The summed E-state index contributed by atoms with van der Waals surface area (Å²) in [6.45, 7) is 1.36. The van der Waals surface area contributed by atoms with E-state index in [2.05, 4.69) is 10.3 Å². The Morgan fingerprint density at radius 2 is 1.66 bits per heavy atom. The highest BCUT2D eigenvalue weighted by Crippen LogP contribution is 2.27. The van der Waals surface area contributed by atoms with Gasteiger partial charge in [-0.15, -0.1) is 0 Å². The van der Waals surface area contributed by atoms with Crippen LogP contribution in [-0.2, 0) is 32.0 Å². The minimum absolute atomic E-state index is 0.0212. The van der Waals surface area contributed by atoms with E-state index in [1.807, 2.05) is 30.3 Å². The topological polar surface area (TPSA) is 150 Å². The number of halogens is 3. The van der Waals surface area contributed by atoms with Gasteiger partial charge >= 0.3 is 12.1 Å². The number of ketones is 1. The zero-order valence-corrected chi connectivity index (χ0v) is 22.8. The molecule has 1 fully saturated rings. The molecule has 1 aliphatic rings. The van der Waals surface area contributed by atoms with Crippen LogP contribution in [0.5, 0.6) is 11.5 Å². The van der Waals surface area contributed by atoms with Gasteiger partial charge in [-0.25, -0.2) is 9.79 Å². The molecule has 1 atom stereocenters. The third-order valence-electron chi connectivity index (χ3n) is 6.09. The first-order valence-electron chi connectivity index (χ1n) is 12.7. The highest BCUT2D eigenvalue weighted by molar-refractivity contribution is 5.98. The molecule has 4 N–H and O–H groups in total. The number of guanidine groups is 1. The number of ether oxygens (including phenoxy) is 3. The van der Waals surface area contributed by atoms with Gasteiger partial charge in [0.05, 0.1) is 20.6 Å². The van der Waals surface area contributed by atoms with Crippen LogP contribution in [0.15, 0.2) is 53.5 Å². The predicted molar refractivity (Wildman–Crippen MR) is 144 cm³/mol. The van der Waals surface area contributed by atoms with Crippen LogP contribution >= 0.6 is 0 Å². The van der Waals surface area contributed by atoms with Crippen LogP contribution in [0.25, 0.3) is 0 Å². The molecule has 224 valence electrons. The monoisotopic (exact) mass is 581 g/mol. The van der Waals surface area contributed by atoms with Gasteiger partial charge in [0.2, 0.25) is 5.91 Å². The van der Waals surface area contributed by atoms with Crippen molar-refractivity contribution in [3.63, 3.8) is 0 Å². The zero-order valence-electron chi connectivity index (χ0n) is 22.8. The van der Waals surface area contributed by atoms with Crippen LogP contribution in [-0.4, -0.2) is 68.4 Å². The average molecular weight is 582 g/mol. The quantitative estimate of drug-likeness (QED) is 0.286. The Hall–Kier alpha value is -4.13. The summed E-state index contributed by atoms with van der Waals surface area (Å²) >= 11 is 0. The van der Waals surface area contributed by atoms with E-state index in [1.54, 1.807) is 25.3 Å². The van der Waals surface area contributed by atoms with Crippen molar-refractivity contribution in [3.8, 4) is 11.5 Å². The van der Waals surface area contributed by atoms with Crippen molar-refractivity contribution in [2.45, 2.75) is 44.3 Å². The zero-order chi connectivity index (χ0) is 30.4. The summed E-state index contributed by atoms with van der Waals surface area (Å²) in [5.41, 5.74) is 7.78. The van der Waals surface area contributed by atoms with E-state index in [4.69, 9.17) is 29.8 Å². The molecule has 10 nitrogen and oxygen atoms in total. The Bertz CT molecular complexity index is 1180. The van der Waals surface area contributed by atoms with Gasteiger partial charge in [-0.2, -0.15) is 13.2 Å². The Balaban J connectivity index is 0.000000745. The van der Waals surface area contributed by atoms with Gasteiger partial charge in [0.15, 0.2) is 23.2 Å². The molecule has 0 aliphatic carbocycles. The number of aliphatic imine (C=N–C) groups is 1. The summed E-state index contributed by atoms with van der Waals surface area (Å²) in [7, 11) is 3.09. The maximum Gasteiger partial charge on any atom is 0.490 e. The maximum absolute atomic E-state index is 13.1. The van der Waals surface area contributed by atoms with Gasteiger partial charge in [0, 0.05) is 26.1 Å². The fraction of sp³-hybridized carbons (Fsp3) is 0.429. The lowest BCUT2D eigenvalue weighted by Gasteiger charge is -2.23. The van der Waals surface area contributed by atoms with Gasteiger partial charge in [0.25, 0.3) is 0 Å². The summed E-state index contributed by atoms with van der Waals surface area (Å²) in [6.07, 6.45) is -2.42. The lowest BCUT2D eigenvalue weighted by molar-refractivity contribution is -0.192. The standard InChI is InChI=1S/C26H33N3O5.C2HF3O2/c1-32-23-9-8-20(16-24(23)33-2)17-25(31)29-26(27)28-21(14-18-6-4-3-5-7-18)22(30)15-19-10-12-34-13-11-19;3-2(4,5)1(6)7/h3-9,16,19,21H,10-15,17H2,1-2H3,(H3,27,28,29,31);(H,6,7)/t21-;/m1./s1. The smallest absolute Gasteiger partial charge is 0.490 e. The van der Waals surface area contributed by atoms with Gasteiger partial charge in [-0.05, 0) is 42.0 Å². The number of alkyl halides is 3. The van der Waals surface area contributed by atoms with Crippen molar-refractivity contribution in [2.75, 3.05) is 27.4 Å². The van der Waals surface area contributed by atoms with Gasteiger partial charge in [-0.1, -0.05) is 36.4 Å². The first-order chi connectivity index (χ1) is 19.4. The molecule has 0 aromatic heterocycles. The number of Topliss-reactive ketones (excluding diaryl/α,β-unsaturated/α-hetero) is 1. The number of hydrogen-bond acceptors (Lipinski definition) is 7. The van der Waals surface area contributed by atoms with Crippen molar-refractivity contribution >= 4 is 23.6 Å². The maximum atomic E-state index is 13.1. The van der Waals surface area contributed by atoms with E-state index in [1.165, 1.54) is 7.11 Å². The second-order valence-electron chi connectivity index (χ2n) is 9.16. The van der Waals surface area contributed by atoms with Crippen molar-refractivity contribution in [2.24, 2.45) is 16.6 Å². The van der Waals surface area contributed by atoms with E-state index >= 15 is 0 Å². The molecular weight excluding hydrogens is 547 g/mol. The molecule has 0 radical (unpaired) electrons. The van der Waals surface area contributed by atoms with E-state index in [9.17, 15) is 22.8 Å². The number of nitrogens with two attached hydrogens (primary N) is 1. The fourth-order valence-electron chi connectivity index (χ4n) is 4.00. The Kier molecular flexibility index (Phi) is 13.1. The van der Waals surface area contributed by atoms with Crippen molar-refractivity contribution in [1.82, 2.24) is 5.32 Å². The summed E-state index contributed by atoms with van der Waals surface area (Å²) in [5, 5.41) is 9.74. The molecule has 0 saturated carbocycles. The summed E-state index contributed by atoms with van der Waals surface area (Å²) in [5.74, 6) is -1.72. The second-order valence-corrected chi connectivity index (χ2v) is 9.16. The normalized spacial score (nSPS) is 14.7. The lowest BCUT2D eigenvalue weighted by Crippen LogP contribution is -2.40. The molecule has 0 unspecified atom stereocenters. The number of carbonyl (C=O) groups is 3. The van der Waals surface area contributed by atoms with Crippen LogP contribution in [0.1, 0.15) is 30.4 Å². The van der Waals surface area contributed by atoms with Crippen molar-refractivity contribution in [3.05, 3.63) is 59.7 Å². The van der Waals surface area contributed by atoms with Gasteiger partial charge < -0.3 is 25.1 Å². The van der Waals surface area contributed by atoms with E-state index in [0.717, 1.165) is 24.0 Å². The molecule has 1 amide bonds. The molecule has 3 rings (SSSR count). The number of nitrogens with zero attached hydrogens (tertiary/aromatic N) is 1. The number of aliphatic carboxylic acids is 1.